The van der Waals surface area contributed by atoms with Gasteiger partial charge in [0.2, 0.25) is 5.95 Å². The van der Waals surface area contributed by atoms with Gasteiger partial charge in [0, 0.05) is 56.7 Å². The molecule has 1 aromatic heterocycles. The van der Waals surface area contributed by atoms with Crippen molar-refractivity contribution >= 4 is 30.8 Å². The van der Waals surface area contributed by atoms with Crippen LogP contribution in [0.3, 0.4) is 0 Å². The lowest BCUT2D eigenvalue weighted by Crippen LogP contribution is -2.55. The summed E-state index contributed by atoms with van der Waals surface area (Å²) in [7, 11) is 0. The molecule has 4 rings (SSSR count). The fraction of sp³-hybridized carbons (Fsp3) is 0.789. The quantitative estimate of drug-likeness (QED) is 0.767. The van der Waals surface area contributed by atoms with E-state index in [2.05, 4.69) is 38.9 Å². The van der Waals surface area contributed by atoms with E-state index in [-0.39, 0.29) is 30.4 Å². The van der Waals surface area contributed by atoms with Crippen LogP contribution in [-0.4, -0.2) is 77.3 Å². The topological polar surface area (TPSA) is 53.5 Å². The van der Waals surface area contributed by atoms with Crippen molar-refractivity contribution in [3.05, 3.63) is 18.5 Å². The summed E-state index contributed by atoms with van der Waals surface area (Å²) in [5.74, 6) is 2.38. The van der Waals surface area contributed by atoms with Gasteiger partial charge in [-0.05, 0) is 44.6 Å². The third kappa shape index (κ3) is 5.67. The van der Waals surface area contributed by atoms with Gasteiger partial charge in [-0.25, -0.2) is 9.97 Å². The number of morpholine rings is 1. The Kier molecular flexibility index (Phi) is 8.13. The van der Waals surface area contributed by atoms with E-state index in [0.717, 1.165) is 57.2 Å². The minimum absolute atomic E-state index is 0. The van der Waals surface area contributed by atoms with Gasteiger partial charge >= 0.3 is 0 Å². The van der Waals surface area contributed by atoms with Gasteiger partial charge in [0.05, 0.1) is 13.2 Å². The van der Waals surface area contributed by atoms with E-state index in [1.54, 1.807) is 0 Å². The third-order valence-corrected chi connectivity index (χ3v) is 6.03. The number of hydrogen-bond donors (Lipinski definition) is 1. The van der Waals surface area contributed by atoms with Crippen molar-refractivity contribution in [2.75, 3.05) is 51.3 Å². The lowest BCUT2D eigenvalue weighted by molar-refractivity contribution is -0.0199. The maximum Gasteiger partial charge on any atom is 0.222 e. The second kappa shape index (κ2) is 9.70. The normalized spacial score (nSPS) is 26.9. The van der Waals surface area contributed by atoms with E-state index in [4.69, 9.17) is 4.74 Å². The molecular formula is C19H33Cl2N5O. The molecule has 0 bridgehead atoms. The van der Waals surface area contributed by atoms with E-state index < -0.39 is 0 Å². The zero-order valence-electron chi connectivity index (χ0n) is 16.3. The molecule has 0 amide bonds. The standard InChI is InChI=1S/C19H31N5O.2ClH/c1-19(2,24-8-10-25-11-9-24)14-23-12-16(15-4-5-15)17(13-23)22-18-20-6-3-7-21-18;;/h3,6-7,15-17H,4-5,8-14H2,1-2H3,(H,20,21,22);2*1H/t16-,17+;;/m1../s1. The summed E-state index contributed by atoms with van der Waals surface area (Å²) in [6, 6.07) is 2.34. The molecule has 27 heavy (non-hydrogen) atoms. The molecule has 8 heteroatoms. The Morgan fingerprint density at radius 3 is 2.41 bits per heavy atom. The Morgan fingerprint density at radius 2 is 1.78 bits per heavy atom. The average Bonchev–Trinajstić information content (AvgIpc) is 3.39. The van der Waals surface area contributed by atoms with Crippen LogP contribution in [-0.2, 0) is 4.74 Å². The molecule has 2 saturated heterocycles. The van der Waals surface area contributed by atoms with Crippen LogP contribution in [0, 0.1) is 11.8 Å². The first-order chi connectivity index (χ1) is 12.1. The smallest absolute Gasteiger partial charge is 0.222 e. The van der Waals surface area contributed by atoms with Crippen LogP contribution in [0.5, 0.6) is 0 Å². The summed E-state index contributed by atoms with van der Waals surface area (Å²) in [5, 5.41) is 3.61. The van der Waals surface area contributed by atoms with Gasteiger partial charge in [-0.1, -0.05) is 0 Å². The summed E-state index contributed by atoms with van der Waals surface area (Å²) in [5.41, 5.74) is 0.190. The Bertz CT molecular complexity index is 566. The van der Waals surface area contributed by atoms with Crippen LogP contribution in [0.1, 0.15) is 26.7 Å². The average molecular weight is 418 g/mol. The van der Waals surface area contributed by atoms with Gasteiger partial charge in [0.1, 0.15) is 0 Å². The molecule has 1 saturated carbocycles. The molecule has 0 spiro atoms. The van der Waals surface area contributed by atoms with Crippen LogP contribution >= 0.6 is 24.8 Å². The van der Waals surface area contributed by atoms with Crippen molar-refractivity contribution in [1.82, 2.24) is 19.8 Å². The van der Waals surface area contributed by atoms with E-state index in [9.17, 15) is 0 Å². The SMILES string of the molecule is CC(C)(CN1C[C@H](Nc2ncccn2)[C@@H](C2CC2)C1)N1CCOCC1.Cl.Cl. The molecule has 2 aliphatic heterocycles. The van der Waals surface area contributed by atoms with Crippen LogP contribution in [0.2, 0.25) is 0 Å². The van der Waals surface area contributed by atoms with Crippen LogP contribution in [0.4, 0.5) is 5.95 Å². The molecule has 3 aliphatic rings. The second-order valence-corrected chi connectivity index (χ2v) is 8.43. The predicted molar refractivity (Wildman–Crippen MR) is 113 cm³/mol. The minimum atomic E-state index is 0. The number of likely N-dealkylation sites (tertiary alicyclic amines) is 1. The van der Waals surface area contributed by atoms with Crippen LogP contribution in [0.25, 0.3) is 0 Å². The highest BCUT2D eigenvalue weighted by molar-refractivity contribution is 5.85. The summed E-state index contributed by atoms with van der Waals surface area (Å²) in [6.45, 7) is 12.0. The lowest BCUT2D eigenvalue weighted by Gasteiger charge is -2.43. The van der Waals surface area contributed by atoms with E-state index in [1.165, 1.54) is 19.4 Å². The molecule has 1 N–H and O–H groups in total. The van der Waals surface area contributed by atoms with Crippen molar-refractivity contribution in [3.8, 4) is 0 Å². The Morgan fingerprint density at radius 1 is 1.11 bits per heavy atom. The summed E-state index contributed by atoms with van der Waals surface area (Å²) >= 11 is 0. The molecule has 154 valence electrons. The van der Waals surface area contributed by atoms with E-state index in [0.29, 0.717) is 6.04 Å². The van der Waals surface area contributed by atoms with Crippen LogP contribution in [0.15, 0.2) is 18.5 Å². The molecule has 1 aromatic rings. The van der Waals surface area contributed by atoms with Crippen molar-refractivity contribution < 1.29 is 4.74 Å². The minimum Gasteiger partial charge on any atom is -0.379 e. The van der Waals surface area contributed by atoms with Gasteiger partial charge in [-0.15, -0.1) is 24.8 Å². The first-order valence-corrected chi connectivity index (χ1v) is 9.70. The maximum atomic E-state index is 5.53. The highest BCUT2D eigenvalue weighted by Gasteiger charge is 2.44. The van der Waals surface area contributed by atoms with Gasteiger partial charge < -0.3 is 10.1 Å². The number of nitrogens with one attached hydrogen (secondary N) is 1. The second-order valence-electron chi connectivity index (χ2n) is 8.43. The number of ether oxygens (including phenoxy) is 1. The number of aromatic nitrogens is 2. The first kappa shape index (κ1) is 22.6. The Labute approximate surface area is 175 Å². The van der Waals surface area contributed by atoms with Crippen molar-refractivity contribution in [1.29, 1.82) is 0 Å². The number of hydrogen-bond acceptors (Lipinski definition) is 6. The van der Waals surface area contributed by atoms with Gasteiger partial charge in [-0.3, -0.25) is 9.80 Å². The van der Waals surface area contributed by atoms with Crippen LogP contribution < -0.4 is 5.32 Å². The highest BCUT2D eigenvalue weighted by atomic mass is 35.5. The summed E-state index contributed by atoms with van der Waals surface area (Å²) in [6.07, 6.45) is 6.41. The van der Waals surface area contributed by atoms with Gasteiger partial charge in [-0.2, -0.15) is 0 Å². The molecule has 6 nitrogen and oxygen atoms in total. The van der Waals surface area contributed by atoms with Crippen molar-refractivity contribution in [2.24, 2.45) is 11.8 Å². The molecule has 3 fully saturated rings. The zero-order valence-corrected chi connectivity index (χ0v) is 18.0. The van der Waals surface area contributed by atoms with Gasteiger partial charge in [0.15, 0.2) is 0 Å². The molecular weight excluding hydrogens is 385 g/mol. The first-order valence-electron chi connectivity index (χ1n) is 9.70. The van der Waals surface area contributed by atoms with E-state index in [1.807, 2.05) is 18.5 Å². The zero-order chi connectivity index (χ0) is 17.3. The largest absolute Gasteiger partial charge is 0.379 e. The monoisotopic (exact) mass is 417 g/mol. The van der Waals surface area contributed by atoms with Crippen molar-refractivity contribution in [3.63, 3.8) is 0 Å². The number of nitrogens with zero attached hydrogens (tertiary/aromatic N) is 4. The summed E-state index contributed by atoms with van der Waals surface area (Å²) in [4.78, 5) is 14.0. The van der Waals surface area contributed by atoms with Crippen molar-refractivity contribution in [2.45, 2.75) is 38.3 Å². The molecule has 0 unspecified atom stereocenters. The molecule has 2 atom stereocenters. The fourth-order valence-electron chi connectivity index (χ4n) is 4.55. The summed E-state index contributed by atoms with van der Waals surface area (Å²) < 4.78 is 5.53. The highest BCUT2D eigenvalue weighted by Crippen LogP contribution is 2.42. The Hall–Kier alpha value is -0.660. The molecule has 3 heterocycles. The maximum absolute atomic E-state index is 5.53. The fourth-order valence-corrected chi connectivity index (χ4v) is 4.55. The number of halogens is 2. The van der Waals surface area contributed by atoms with E-state index >= 15 is 0 Å². The number of anilines is 1. The lowest BCUT2D eigenvalue weighted by atomic mass is 9.98. The molecule has 0 radical (unpaired) electrons. The number of rotatable bonds is 6. The van der Waals surface area contributed by atoms with Gasteiger partial charge in [0.25, 0.3) is 0 Å². The molecule has 1 aliphatic carbocycles. The third-order valence-electron chi connectivity index (χ3n) is 6.03. The Balaban J connectivity index is 0.00000131. The predicted octanol–water partition coefficient (Wildman–Crippen LogP) is 2.55. The molecule has 0 aromatic carbocycles.